The van der Waals surface area contributed by atoms with Gasteiger partial charge in [-0.25, -0.2) is 0 Å². The van der Waals surface area contributed by atoms with Crippen LogP contribution >= 0.6 is 0 Å². The van der Waals surface area contributed by atoms with Gasteiger partial charge in [0, 0.05) is 25.7 Å². The second-order valence-corrected chi connectivity index (χ2v) is 6.23. The first-order valence-corrected chi connectivity index (χ1v) is 8.37. The maximum atomic E-state index is 11.1. The second kappa shape index (κ2) is 9.93. The van der Waals surface area contributed by atoms with E-state index in [2.05, 4.69) is 5.32 Å². The molecule has 0 spiro atoms. The number of likely N-dealkylation sites (N-methyl/N-ethyl adjacent to an activating group) is 1. The zero-order chi connectivity index (χ0) is 18.1. The van der Waals surface area contributed by atoms with Gasteiger partial charge in [0.25, 0.3) is 0 Å². The maximum absolute atomic E-state index is 11.1. The summed E-state index contributed by atoms with van der Waals surface area (Å²) in [5.74, 6) is -0.0866. The summed E-state index contributed by atoms with van der Waals surface area (Å²) in [5, 5.41) is 12.9. The topological polar surface area (TPSA) is 61.8 Å². The van der Waals surface area contributed by atoms with Gasteiger partial charge in [-0.3, -0.25) is 9.69 Å². The van der Waals surface area contributed by atoms with Gasteiger partial charge in [-0.2, -0.15) is 0 Å². The Hall–Kier alpha value is -2.21. The zero-order valence-corrected chi connectivity index (χ0v) is 14.8. The molecule has 0 unspecified atom stereocenters. The minimum absolute atomic E-state index is 0.0866. The van der Waals surface area contributed by atoms with E-state index in [1.807, 2.05) is 66.5 Å². The lowest BCUT2D eigenvalue weighted by atomic mass is 10.2. The number of aliphatic hydroxyl groups is 1. The molecule has 0 saturated heterocycles. The Kier molecular flexibility index (Phi) is 7.60. The number of hydrogen-bond donors (Lipinski definition) is 2. The molecule has 2 rings (SSSR count). The molecular weight excluding hydrogens is 316 g/mol. The zero-order valence-electron chi connectivity index (χ0n) is 14.8. The van der Waals surface area contributed by atoms with Crippen LogP contribution in [0.25, 0.3) is 0 Å². The van der Waals surface area contributed by atoms with Gasteiger partial charge in [-0.15, -0.1) is 0 Å². The van der Waals surface area contributed by atoms with E-state index < -0.39 is 6.10 Å². The summed E-state index contributed by atoms with van der Waals surface area (Å²) in [6.45, 7) is 3.48. The van der Waals surface area contributed by atoms with E-state index in [-0.39, 0.29) is 5.91 Å². The number of ether oxygens (including phenoxy) is 1. The van der Waals surface area contributed by atoms with Crippen LogP contribution in [0.3, 0.4) is 0 Å². The van der Waals surface area contributed by atoms with Gasteiger partial charge >= 0.3 is 0 Å². The van der Waals surface area contributed by atoms with E-state index >= 15 is 0 Å². The molecule has 2 aromatic carbocycles. The van der Waals surface area contributed by atoms with Crippen molar-refractivity contribution in [3.63, 3.8) is 0 Å². The normalized spacial score (nSPS) is 12.2. The number of anilines is 1. The first-order chi connectivity index (χ1) is 12.0. The second-order valence-electron chi connectivity index (χ2n) is 6.23. The number of carbonyl (C=O) groups is 1. The number of hydrogen-bond acceptors (Lipinski definition) is 4. The van der Waals surface area contributed by atoms with E-state index in [0.717, 1.165) is 16.8 Å². The molecule has 0 radical (unpaired) electrons. The molecule has 1 amide bonds. The minimum Gasteiger partial charge on any atom is -0.389 e. The fraction of sp³-hybridized carbons (Fsp3) is 0.350. The van der Waals surface area contributed by atoms with Crippen molar-refractivity contribution in [1.82, 2.24) is 4.90 Å². The molecule has 0 fully saturated rings. The van der Waals surface area contributed by atoms with Crippen LogP contribution in [0.4, 0.5) is 5.69 Å². The Morgan fingerprint density at radius 3 is 2.60 bits per heavy atom. The van der Waals surface area contributed by atoms with Gasteiger partial charge in [0.2, 0.25) is 5.91 Å². The molecule has 1 atom stereocenters. The van der Waals surface area contributed by atoms with Gasteiger partial charge < -0.3 is 15.2 Å². The van der Waals surface area contributed by atoms with Crippen LogP contribution in [0.5, 0.6) is 0 Å². The molecule has 2 N–H and O–H groups in total. The van der Waals surface area contributed by atoms with Crippen molar-refractivity contribution < 1.29 is 14.6 Å². The summed E-state index contributed by atoms with van der Waals surface area (Å²) in [7, 11) is 1.95. The summed E-state index contributed by atoms with van der Waals surface area (Å²) >= 11 is 0. The molecule has 0 aromatic heterocycles. The molecule has 2 aromatic rings. The molecule has 0 bridgehead atoms. The number of rotatable bonds is 9. The van der Waals surface area contributed by atoms with Crippen molar-refractivity contribution in [2.75, 3.05) is 25.5 Å². The highest BCUT2D eigenvalue weighted by Gasteiger charge is 2.09. The molecule has 0 aliphatic heterocycles. The van der Waals surface area contributed by atoms with Crippen LogP contribution in [-0.4, -0.2) is 42.2 Å². The van der Waals surface area contributed by atoms with Gasteiger partial charge in [0.1, 0.15) is 0 Å². The Labute approximate surface area is 149 Å². The molecule has 5 heteroatoms. The number of nitrogens with zero attached hydrogens (tertiary/aromatic N) is 1. The van der Waals surface area contributed by atoms with Gasteiger partial charge in [-0.05, 0) is 30.3 Å². The van der Waals surface area contributed by atoms with E-state index in [1.54, 1.807) is 0 Å². The molecule has 0 aliphatic carbocycles. The summed E-state index contributed by atoms with van der Waals surface area (Å²) in [5.41, 5.74) is 2.95. The lowest BCUT2D eigenvalue weighted by molar-refractivity contribution is -0.114. The third kappa shape index (κ3) is 7.47. The Morgan fingerprint density at radius 2 is 1.88 bits per heavy atom. The molecule has 0 heterocycles. The minimum atomic E-state index is -0.549. The van der Waals surface area contributed by atoms with Crippen LogP contribution < -0.4 is 5.32 Å². The summed E-state index contributed by atoms with van der Waals surface area (Å²) < 4.78 is 5.57. The number of nitrogens with one attached hydrogen (secondary N) is 1. The molecule has 134 valence electrons. The Morgan fingerprint density at radius 1 is 1.16 bits per heavy atom. The average Bonchev–Trinajstić information content (AvgIpc) is 2.55. The summed E-state index contributed by atoms with van der Waals surface area (Å²) in [6.07, 6.45) is -0.549. The average molecular weight is 342 g/mol. The van der Waals surface area contributed by atoms with Crippen LogP contribution in [0.15, 0.2) is 54.6 Å². The van der Waals surface area contributed by atoms with Crippen LogP contribution in [0.1, 0.15) is 18.1 Å². The van der Waals surface area contributed by atoms with Gasteiger partial charge in [0.05, 0.1) is 19.3 Å². The molecule has 25 heavy (non-hydrogen) atoms. The summed E-state index contributed by atoms with van der Waals surface area (Å²) in [4.78, 5) is 13.2. The third-order valence-corrected chi connectivity index (χ3v) is 3.64. The first-order valence-electron chi connectivity index (χ1n) is 8.37. The molecule has 0 aliphatic rings. The standard InChI is InChI=1S/C20H26N2O3/c1-16(23)21-19-10-6-9-18(11-19)12-22(2)13-20(24)15-25-14-17-7-4-3-5-8-17/h3-11,20,24H,12-15H2,1-2H3,(H,21,23)/t20-/m0/s1. The van der Waals surface area contributed by atoms with Crippen molar-refractivity contribution in [1.29, 1.82) is 0 Å². The van der Waals surface area contributed by atoms with E-state index in [4.69, 9.17) is 4.74 Å². The predicted molar refractivity (Wildman–Crippen MR) is 99.2 cm³/mol. The molecule has 0 saturated carbocycles. The van der Waals surface area contributed by atoms with Gasteiger partial charge in [-0.1, -0.05) is 42.5 Å². The SMILES string of the molecule is CC(=O)Nc1cccc(CN(C)C[C@H](O)COCc2ccccc2)c1. The van der Waals surface area contributed by atoms with Crippen molar-refractivity contribution in [3.8, 4) is 0 Å². The predicted octanol–water partition coefficient (Wildman–Crippen LogP) is 2.65. The number of benzene rings is 2. The van der Waals surface area contributed by atoms with Crippen molar-refractivity contribution >= 4 is 11.6 Å². The number of aliphatic hydroxyl groups excluding tert-OH is 1. The molecular formula is C20H26N2O3. The lowest BCUT2D eigenvalue weighted by Crippen LogP contribution is -2.31. The van der Waals surface area contributed by atoms with Crippen LogP contribution in [-0.2, 0) is 22.7 Å². The fourth-order valence-corrected chi connectivity index (χ4v) is 2.63. The van der Waals surface area contributed by atoms with Gasteiger partial charge in [0.15, 0.2) is 0 Å². The first kappa shape index (κ1) is 19.1. The monoisotopic (exact) mass is 342 g/mol. The fourth-order valence-electron chi connectivity index (χ4n) is 2.63. The van der Waals surface area contributed by atoms with E-state index in [0.29, 0.717) is 26.3 Å². The van der Waals surface area contributed by atoms with Crippen LogP contribution in [0.2, 0.25) is 0 Å². The largest absolute Gasteiger partial charge is 0.389 e. The smallest absolute Gasteiger partial charge is 0.221 e. The highest BCUT2D eigenvalue weighted by atomic mass is 16.5. The number of amides is 1. The van der Waals surface area contributed by atoms with Crippen molar-refractivity contribution in [2.45, 2.75) is 26.2 Å². The summed E-state index contributed by atoms with van der Waals surface area (Å²) in [6, 6.07) is 17.6. The van der Waals surface area contributed by atoms with E-state index in [9.17, 15) is 9.90 Å². The van der Waals surface area contributed by atoms with Crippen molar-refractivity contribution in [3.05, 3.63) is 65.7 Å². The van der Waals surface area contributed by atoms with E-state index in [1.165, 1.54) is 6.92 Å². The number of carbonyl (C=O) groups excluding carboxylic acids is 1. The highest BCUT2D eigenvalue weighted by Crippen LogP contribution is 2.12. The highest BCUT2D eigenvalue weighted by molar-refractivity contribution is 5.88. The van der Waals surface area contributed by atoms with Crippen LogP contribution in [0, 0.1) is 0 Å². The Balaban J connectivity index is 1.73. The Bertz CT molecular complexity index is 661. The third-order valence-electron chi connectivity index (χ3n) is 3.64. The molecule has 5 nitrogen and oxygen atoms in total. The maximum Gasteiger partial charge on any atom is 0.221 e. The van der Waals surface area contributed by atoms with Crippen molar-refractivity contribution in [2.24, 2.45) is 0 Å². The quantitative estimate of drug-likeness (QED) is 0.735. The lowest BCUT2D eigenvalue weighted by Gasteiger charge is -2.21.